The van der Waals surface area contributed by atoms with E-state index in [4.69, 9.17) is 11.6 Å². The maximum Gasteiger partial charge on any atom is 0.254 e. The molecular weight excluding hydrogens is 345 g/mol. The van der Waals surface area contributed by atoms with Crippen molar-refractivity contribution in [2.24, 2.45) is 0 Å². The Morgan fingerprint density at radius 3 is 2.55 bits per heavy atom. The van der Waals surface area contributed by atoms with Crippen molar-refractivity contribution in [3.63, 3.8) is 0 Å². The van der Waals surface area contributed by atoms with E-state index in [-0.39, 0.29) is 11.6 Å². The molecule has 1 N–H and O–H groups in total. The van der Waals surface area contributed by atoms with Crippen molar-refractivity contribution >= 4 is 33.4 Å². The lowest BCUT2D eigenvalue weighted by Crippen LogP contribution is -2.27. The minimum atomic E-state index is -0.588. The molecule has 0 aliphatic rings. The molecule has 5 heteroatoms. The second-order valence-electron chi connectivity index (χ2n) is 4.37. The molecule has 2 aromatic rings. The number of carbonyl (C=O) groups excluding carboxylic acids is 1. The molecule has 2 aromatic carbocycles. The van der Waals surface area contributed by atoms with Crippen molar-refractivity contribution in [1.82, 2.24) is 5.32 Å². The highest BCUT2D eigenvalue weighted by atomic mass is 79.9. The molecule has 0 bridgehead atoms. The van der Waals surface area contributed by atoms with Gasteiger partial charge in [-0.2, -0.15) is 0 Å². The predicted molar refractivity (Wildman–Crippen MR) is 81.4 cm³/mol. The Morgan fingerprint density at radius 1 is 1.25 bits per heavy atom. The van der Waals surface area contributed by atoms with Crippen LogP contribution in [0.25, 0.3) is 0 Å². The SMILES string of the molecule is C[C@H](NC(=O)c1cc(Cl)ccc1F)c1ccc(Br)cc1. The average molecular weight is 357 g/mol. The molecule has 0 radical (unpaired) electrons. The number of nitrogens with one attached hydrogen (secondary N) is 1. The van der Waals surface area contributed by atoms with Gasteiger partial charge in [-0.3, -0.25) is 4.79 Å². The summed E-state index contributed by atoms with van der Waals surface area (Å²) in [5.41, 5.74) is 0.880. The van der Waals surface area contributed by atoms with Crippen molar-refractivity contribution in [3.8, 4) is 0 Å². The number of halogens is 3. The normalized spacial score (nSPS) is 12.0. The number of rotatable bonds is 3. The molecule has 0 aromatic heterocycles. The topological polar surface area (TPSA) is 29.1 Å². The van der Waals surface area contributed by atoms with Gasteiger partial charge in [0.05, 0.1) is 11.6 Å². The molecule has 0 saturated heterocycles. The van der Waals surface area contributed by atoms with Crippen molar-refractivity contribution < 1.29 is 9.18 Å². The van der Waals surface area contributed by atoms with Gasteiger partial charge in [0, 0.05) is 9.50 Å². The largest absolute Gasteiger partial charge is 0.345 e. The summed E-state index contributed by atoms with van der Waals surface area (Å²) in [5.74, 6) is -1.07. The van der Waals surface area contributed by atoms with Crippen molar-refractivity contribution in [3.05, 3.63) is 68.9 Å². The van der Waals surface area contributed by atoms with Crippen LogP contribution in [0.1, 0.15) is 28.9 Å². The van der Waals surface area contributed by atoms with Crippen LogP contribution < -0.4 is 5.32 Å². The minimum absolute atomic E-state index is 0.0542. The highest BCUT2D eigenvalue weighted by Gasteiger charge is 2.15. The summed E-state index contributed by atoms with van der Waals surface area (Å²) in [6, 6.07) is 11.2. The summed E-state index contributed by atoms with van der Waals surface area (Å²) in [7, 11) is 0. The third-order valence-electron chi connectivity index (χ3n) is 2.89. The molecule has 0 unspecified atom stereocenters. The Labute approximate surface area is 130 Å². The van der Waals surface area contributed by atoms with Crippen LogP contribution in [0, 0.1) is 5.82 Å². The molecule has 0 aliphatic carbocycles. The molecule has 2 nitrogen and oxygen atoms in total. The van der Waals surface area contributed by atoms with Crippen LogP contribution >= 0.6 is 27.5 Å². The fourth-order valence-corrected chi connectivity index (χ4v) is 2.22. The molecule has 0 spiro atoms. The summed E-state index contributed by atoms with van der Waals surface area (Å²) >= 11 is 9.13. The lowest BCUT2D eigenvalue weighted by atomic mass is 10.1. The summed E-state index contributed by atoms with van der Waals surface area (Å²) in [6.07, 6.45) is 0. The molecule has 2 rings (SSSR count). The molecule has 0 fully saturated rings. The Bertz CT molecular complexity index is 630. The summed E-state index contributed by atoms with van der Waals surface area (Å²) in [6.45, 7) is 1.84. The first-order valence-electron chi connectivity index (χ1n) is 5.99. The number of amides is 1. The monoisotopic (exact) mass is 355 g/mol. The summed E-state index contributed by atoms with van der Waals surface area (Å²) in [4.78, 5) is 12.0. The van der Waals surface area contributed by atoms with Gasteiger partial charge in [-0.1, -0.05) is 39.7 Å². The Morgan fingerprint density at radius 2 is 1.90 bits per heavy atom. The fraction of sp³-hybridized carbons (Fsp3) is 0.133. The van der Waals surface area contributed by atoms with E-state index in [1.807, 2.05) is 31.2 Å². The molecule has 20 heavy (non-hydrogen) atoms. The van der Waals surface area contributed by atoms with Gasteiger partial charge < -0.3 is 5.32 Å². The fourth-order valence-electron chi connectivity index (χ4n) is 1.78. The highest BCUT2D eigenvalue weighted by molar-refractivity contribution is 9.10. The minimum Gasteiger partial charge on any atom is -0.345 e. The number of benzene rings is 2. The van der Waals surface area contributed by atoms with Gasteiger partial charge in [0.25, 0.3) is 5.91 Å². The summed E-state index contributed by atoms with van der Waals surface area (Å²) in [5, 5.41) is 3.07. The molecule has 0 heterocycles. The maximum absolute atomic E-state index is 13.6. The van der Waals surface area contributed by atoms with Crippen LogP contribution in [-0.2, 0) is 0 Å². The first-order valence-corrected chi connectivity index (χ1v) is 7.16. The van der Waals surface area contributed by atoms with Gasteiger partial charge in [0.2, 0.25) is 0 Å². The Hall–Kier alpha value is -1.39. The van der Waals surface area contributed by atoms with Crippen molar-refractivity contribution in [2.45, 2.75) is 13.0 Å². The Kier molecular flexibility index (Phi) is 4.78. The van der Waals surface area contributed by atoms with E-state index in [1.54, 1.807) is 0 Å². The van der Waals surface area contributed by atoms with Crippen LogP contribution in [0.2, 0.25) is 5.02 Å². The first kappa shape index (κ1) is 15.0. The average Bonchev–Trinajstić information content (AvgIpc) is 2.42. The van der Waals surface area contributed by atoms with Gasteiger partial charge in [-0.15, -0.1) is 0 Å². The standard InChI is InChI=1S/C15H12BrClFNO/c1-9(10-2-4-11(16)5-3-10)19-15(20)13-8-12(17)6-7-14(13)18/h2-9H,1H3,(H,19,20)/t9-/m0/s1. The van der Waals surface area contributed by atoms with Crippen molar-refractivity contribution in [1.29, 1.82) is 0 Å². The smallest absolute Gasteiger partial charge is 0.254 e. The lowest BCUT2D eigenvalue weighted by molar-refractivity contribution is 0.0936. The van der Waals surface area contributed by atoms with Crippen LogP contribution in [0.5, 0.6) is 0 Å². The third kappa shape index (κ3) is 3.58. The van der Waals surface area contributed by atoms with Crippen LogP contribution in [0.15, 0.2) is 46.9 Å². The van der Waals surface area contributed by atoms with Crippen LogP contribution in [0.3, 0.4) is 0 Å². The highest BCUT2D eigenvalue weighted by Crippen LogP contribution is 2.19. The first-order chi connectivity index (χ1) is 9.47. The van der Waals surface area contributed by atoms with Gasteiger partial charge in [-0.05, 0) is 42.8 Å². The van der Waals surface area contributed by atoms with Gasteiger partial charge in [0.15, 0.2) is 0 Å². The Balaban J connectivity index is 2.15. The molecule has 1 amide bonds. The quantitative estimate of drug-likeness (QED) is 0.846. The zero-order valence-electron chi connectivity index (χ0n) is 10.7. The van der Waals surface area contributed by atoms with Gasteiger partial charge >= 0.3 is 0 Å². The second kappa shape index (κ2) is 6.37. The summed E-state index contributed by atoms with van der Waals surface area (Å²) < 4.78 is 14.6. The molecular formula is C15H12BrClFNO. The van der Waals surface area contributed by atoms with E-state index < -0.39 is 11.7 Å². The molecule has 0 aliphatic heterocycles. The lowest BCUT2D eigenvalue weighted by Gasteiger charge is -2.15. The number of hydrogen-bond acceptors (Lipinski definition) is 1. The predicted octanol–water partition coefficient (Wildman–Crippen LogP) is 4.73. The van der Waals surface area contributed by atoms with Gasteiger partial charge in [0.1, 0.15) is 5.82 Å². The second-order valence-corrected chi connectivity index (χ2v) is 5.72. The van der Waals surface area contributed by atoms with Crippen LogP contribution in [-0.4, -0.2) is 5.91 Å². The van der Waals surface area contributed by atoms with E-state index in [2.05, 4.69) is 21.2 Å². The maximum atomic E-state index is 13.6. The molecule has 104 valence electrons. The van der Waals surface area contributed by atoms with E-state index in [0.29, 0.717) is 5.02 Å². The van der Waals surface area contributed by atoms with Crippen molar-refractivity contribution in [2.75, 3.05) is 0 Å². The third-order valence-corrected chi connectivity index (χ3v) is 3.65. The molecule has 0 saturated carbocycles. The number of carbonyl (C=O) groups is 1. The van der Waals surface area contributed by atoms with Gasteiger partial charge in [-0.25, -0.2) is 4.39 Å². The number of hydrogen-bond donors (Lipinski definition) is 1. The zero-order valence-corrected chi connectivity index (χ0v) is 13.0. The van der Waals surface area contributed by atoms with E-state index in [0.717, 1.165) is 10.0 Å². The van der Waals surface area contributed by atoms with E-state index >= 15 is 0 Å². The molecule has 1 atom stereocenters. The van der Waals surface area contributed by atoms with Crippen LogP contribution in [0.4, 0.5) is 4.39 Å². The zero-order chi connectivity index (χ0) is 14.7. The van der Waals surface area contributed by atoms with E-state index in [1.165, 1.54) is 18.2 Å². The van der Waals surface area contributed by atoms with E-state index in [9.17, 15) is 9.18 Å².